The molecule has 1 fully saturated rings. The van der Waals surface area contributed by atoms with Crippen LogP contribution in [0.5, 0.6) is 0 Å². The molecule has 6 heteroatoms. The number of benzene rings is 1. The molecule has 0 amide bonds. The van der Waals surface area contributed by atoms with Gasteiger partial charge >= 0.3 is 0 Å². The summed E-state index contributed by atoms with van der Waals surface area (Å²) in [7, 11) is 0. The van der Waals surface area contributed by atoms with Crippen LogP contribution in [0.1, 0.15) is 17.4 Å². The lowest BCUT2D eigenvalue weighted by atomic mass is 10.1. The van der Waals surface area contributed by atoms with E-state index in [4.69, 9.17) is 4.74 Å². The molecular weight excluding hydrogens is 319 g/mol. The summed E-state index contributed by atoms with van der Waals surface area (Å²) in [6.07, 6.45) is 5.41. The van der Waals surface area contributed by atoms with Gasteiger partial charge in [-0.3, -0.25) is 9.88 Å². The number of hydrogen-bond donors (Lipinski definition) is 1. The second-order valence-electron chi connectivity index (χ2n) is 6.11. The Morgan fingerprint density at radius 2 is 2.20 bits per heavy atom. The van der Waals surface area contributed by atoms with Crippen LogP contribution in [0.15, 0.2) is 55.0 Å². The Labute approximate surface area is 145 Å². The van der Waals surface area contributed by atoms with Crippen molar-refractivity contribution in [3.63, 3.8) is 0 Å². The van der Waals surface area contributed by atoms with Crippen molar-refractivity contribution in [2.75, 3.05) is 19.8 Å². The molecule has 0 radical (unpaired) electrons. The average Bonchev–Trinajstić information content (AvgIpc) is 3.13. The van der Waals surface area contributed by atoms with Gasteiger partial charge in [0.1, 0.15) is 11.6 Å². The Hall–Kier alpha value is -2.57. The van der Waals surface area contributed by atoms with Crippen LogP contribution in [0, 0.1) is 5.82 Å². The molecule has 1 N–H and O–H groups in total. The van der Waals surface area contributed by atoms with Crippen LogP contribution in [0.2, 0.25) is 0 Å². The molecule has 4 rings (SSSR count). The number of aromatic amines is 1. The van der Waals surface area contributed by atoms with Crippen molar-refractivity contribution in [1.29, 1.82) is 0 Å². The zero-order valence-electron chi connectivity index (χ0n) is 13.7. The molecule has 1 atom stereocenters. The number of rotatable bonds is 4. The van der Waals surface area contributed by atoms with Crippen LogP contribution in [0.3, 0.4) is 0 Å². The molecule has 5 nitrogen and oxygen atoms in total. The van der Waals surface area contributed by atoms with E-state index in [1.165, 1.54) is 12.1 Å². The number of nitrogens with one attached hydrogen (secondary N) is 1. The monoisotopic (exact) mass is 338 g/mol. The van der Waals surface area contributed by atoms with Crippen LogP contribution in [0.25, 0.3) is 11.3 Å². The number of pyridine rings is 1. The van der Waals surface area contributed by atoms with E-state index in [9.17, 15) is 4.39 Å². The quantitative estimate of drug-likeness (QED) is 0.794. The third-order valence-electron chi connectivity index (χ3n) is 4.39. The van der Waals surface area contributed by atoms with E-state index in [1.807, 2.05) is 18.3 Å². The van der Waals surface area contributed by atoms with E-state index in [0.717, 1.165) is 35.7 Å². The first-order chi connectivity index (χ1) is 12.3. The van der Waals surface area contributed by atoms with Crippen LogP contribution in [-0.2, 0) is 11.3 Å². The third-order valence-corrected chi connectivity index (χ3v) is 4.39. The minimum atomic E-state index is -0.257. The molecule has 3 heterocycles. The number of halogens is 1. The first-order valence-electron chi connectivity index (χ1n) is 8.31. The van der Waals surface area contributed by atoms with Crippen LogP contribution in [0.4, 0.5) is 4.39 Å². The van der Waals surface area contributed by atoms with Crippen molar-refractivity contribution in [1.82, 2.24) is 19.9 Å². The van der Waals surface area contributed by atoms with E-state index >= 15 is 0 Å². The highest BCUT2D eigenvalue weighted by Gasteiger charge is 2.27. The molecule has 128 valence electrons. The highest BCUT2D eigenvalue weighted by molar-refractivity contribution is 5.58. The van der Waals surface area contributed by atoms with Gasteiger partial charge in [-0.1, -0.05) is 18.2 Å². The van der Waals surface area contributed by atoms with Crippen molar-refractivity contribution in [2.24, 2.45) is 0 Å². The predicted octanol–water partition coefficient (Wildman–Crippen LogP) is 3.18. The van der Waals surface area contributed by atoms with Crippen LogP contribution >= 0.6 is 0 Å². The van der Waals surface area contributed by atoms with E-state index in [1.54, 1.807) is 18.5 Å². The molecule has 1 saturated heterocycles. The molecular formula is C19H19FN4O. The summed E-state index contributed by atoms with van der Waals surface area (Å²) in [5.74, 6) is 0.579. The minimum absolute atomic E-state index is 0.0382. The van der Waals surface area contributed by atoms with Gasteiger partial charge in [0.2, 0.25) is 0 Å². The third kappa shape index (κ3) is 3.60. The SMILES string of the molecule is Fc1cccc(-c2cnc(C3COCCN3Cc3cccnc3)[nH]2)c1. The van der Waals surface area contributed by atoms with E-state index in [2.05, 4.69) is 25.9 Å². The maximum Gasteiger partial charge on any atom is 0.126 e. The summed E-state index contributed by atoms with van der Waals surface area (Å²) in [6.45, 7) is 2.90. The number of nitrogens with zero attached hydrogens (tertiary/aromatic N) is 3. The Morgan fingerprint density at radius 1 is 1.24 bits per heavy atom. The fourth-order valence-corrected chi connectivity index (χ4v) is 3.11. The van der Waals surface area contributed by atoms with E-state index in [0.29, 0.717) is 13.2 Å². The molecule has 2 aromatic heterocycles. The van der Waals surface area contributed by atoms with Gasteiger partial charge < -0.3 is 9.72 Å². The van der Waals surface area contributed by atoms with Gasteiger partial charge in [0, 0.05) is 31.0 Å². The fraction of sp³-hybridized carbons (Fsp3) is 0.263. The molecule has 0 bridgehead atoms. The van der Waals surface area contributed by atoms with Gasteiger partial charge in [-0.2, -0.15) is 0 Å². The maximum absolute atomic E-state index is 13.5. The van der Waals surface area contributed by atoms with Gasteiger partial charge in [0.25, 0.3) is 0 Å². The van der Waals surface area contributed by atoms with Gasteiger partial charge in [-0.25, -0.2) is 9.37 Å². The first-order valence-corrected chi connectivity index (χ1v) is 8.31. The first kappa shape index (κ1) is 15.9. The van der Waals surface area contributed by atoms with Crippen LogP contribution in [-0.4, -0.2) is 39.6 Å². The second kappa shape index (κ2) is 7.13. The number of imidazole rings is 1. The van der Waals surface area contributed by atoms with Gasteiger partial charge in [0.15, 0.2) is 0 Å². The summed E-state index contributed by atoms with van der Waals surface area (Å²) >= 11 is 0. The predicted molar refractivity (Wildman–Crippen MR) is 92.2 cm³/mol. The lowest BCUT2D eigenvalue weighted by molar-refractivity contribution is -0.0156. The zero-order valence-corrected chi connectivity index (χ0v) is 13.7. The second-order valence-corrected chi connectivity index (χ2v) is 6.11. The molecule has 1 unspecified atom stereocenters. The molecule has 1 aromatic carbocycles. The summed E-state index contributed by atoms with van der Waals surface area (Å²) in [6, 6.07) is 10.6. The molecule has 25 heavy (non-hydrogen) atoms. The molecule has 0 saturated carbocycles. The Bertz CT molecular complexity index is 836. The summed E-state index contributed by atoms with van der Waals surface area (Å²) < 4.78 is 19.1. The highest BCUT2D eigenvalue weighted by Crippen LogP contribution is 2.26. The normalized spacial score (nSPS) is 18.4. The van der Waals surface area contributed by atoms with Crippen molar-refractivity contribution in [2.45, 2.75) is 12.6 Å². The largest absolute Gasteiger partial charge is 0.378 e. The lowest BCUT2D eigenvalue weighted by Crippen LogP contribution is -2.39. The fourth-order valence-electron chi connectivity index (χ4n) is 3.11. The summed E-state index contributed by atoms with van der Waals surface area (Å²) in [4.78, 5) is 14.4. The molecule has 0 aliphatic carbocycles. The van der Waals surface area contributed by atoms with Crippen molar-refractivity contribution >= 4 is 0 Å². The van der Waals surface area contributed by atoms with Crippen molar-refractivity contribution in [3.8, 4) is 11.3 Å². The van der Waals surface area contributed by atoms with Crippen molar-refractivity contribution in [3.05, 3.63) is 72.2 Å². The highest BCUT2D eigenvalue weighted by atomic mass is 19.1. The van der Waals surface area contributed by atoms with Gasteiger partial charge in [-0.15, -0.1) is 0 Å². The number of ether oxygens (including phenoxy) is 1. The summed E-state index contributed by atoms with van der Waals surface area (Å²) in [5, 5.41) is 0. The molecule has 1 aliphatic heterocycles. The Morgan fingerprint density at radius 3 is 3.04 bits per heavy atom. The molecule has 0 spiro atoms. The zero-order chi connectivity index (χ0) is 17.1. The summed E-state index contributed by atoms with van der Waals surface area (Å²) in [5.41, 5.74) is 2.75. The minimum Gasteiger partial charge on any atom is -0.378 e. The van der Waals surface area contributed by atoms with E-state index < -0.39 is 0 Å². The molecule has 3 aromatic rings. The maximum atomic E-state index is 13.5. The number of H-pyrrole nitrogens is 1. The smallest absolute Gasteiger partial charge is 0.126 e. The topological polar surface area (TPSA) is 54.0 Å². The van der Waals surface area contributed by atoms with Gasteiger partial charge in [0.05, 0.1) is 31.1 Å². The number of morpholine rings is 1. The van der Waals surface area contributed by atoms with Crippen LogP contribution < -0.4 is 0 Å². The Balaban J connectivity index is 1.57. The standard InChI is InChI=1S/C19H19FN4O/c20-16-5-1-4-15(9-16)17-11-22-19(23-17)18-13-25-8-7-24(18)12-14-3-2-6-21-10-14/h1-6,9-11,18H,7-8,12-13H2,(H,22,23). The molecule has 1 aliphatic rings. The lowest BCUT2D eigenvalue weighted by Gasteiger charge is -2.34. The average molecular weight is 338 g/mol. The number of hydrogen-bond acceptors (Lipinski definition) is 4. The van der Waals surface area contributed by atoms with Gasteiger partial charge in [-0.05, 0) is 23.8 Å². The number of aromatic nitrogens is 3. The van der Waals surface area contributed by atoms with E-state index in [-0.39, 0.29) is 11.9 Å². The Kier molecular flexibility index (Phi) is 4.54. The van der Waals surface area contributed by atoms with Crippen molar-refractivity contribution < 1.29 is 9.13 Å².